The maximum atomic E-state index is 14.6. The van der Waals surface area contributed by atoms with Gasteiger partial charge < -0.3 is 14.5 Å². The van der Waals surface area contributed by atoms with Gasteiger partial charge in [-0.1, -0.05) is 6.92 Å². The van der Waals surface area contributed by atoms with Gasteiger partial charge in [0.25, 0.3) is 0 Å². The highest BCUT2D eigenvalue weighted by Crippen LogP contribution is 2.35. The van der Waals surface area contributed by atoms with Gasteiger partial charge in [-0.2, -0.15) is 0 Å². The van der Waals surface area contributed by atoms with E-state index in [-0.39, 0.29) is 36.4 Å². The lowest BCUT2D eigenvalue weighted by Crippen LogP contribution is -2.62. The fourth-order valence-electron chi connectivity index (χ4n) is 5.52. The summed E-state index contributed by atoms with van der Waals surface area (Å²) in [6.07, 6.45) is 0.948. The third-order valence-electron chi connectivity index (χ3n) is 7.21. The highest BCUT2D eigenvalue weighted by molar-refractivity contribution is 5.82. The number of ether oxygens (including phenoxy) is 1. The van der Waals surface area contributed by atoms with Gasteiger partial charge in [-0.25, -0.2) is 8.78 Å². The summed E-state index contributed by atoms with van der Waals surface area (Å²) in [7, 11) is 1.58. The summed E-state index contributed by atoms with van der Waals surface area (Å²) in [5, 5.41) is 0. The Hall–Kier alpha value is -1.24. The van der Waals surface area contributed by atoms with Crippen LogP contribution in [0.4, 0.5) is 8.78 Å². The second kappa shape index (κ2) is 9.27. The van der Waals surface area contributed by atoms with E-state index in [9.17, 15) is 18.4 Å². The van der Waals surface area contributed by atoms with Gasteiger partial charge in [0.05, 0.1) is 17.9 Å². The molecule has 5 nitrogen and oxygen atoms in total. The minimum atomic E-state index is -1.19. The second-order valence-electron chi connectivity index (χ2n) is 9.52. The van der Waals surface area contributed by atoms with E-state index in [4.69, 9.17) is 4.74 Å². The average molecular weight is 415 g/mol. The average Bonchev–Trinajstić information content (AvgIpc) is 2.66. The fourth-order valence-corrected chi connectivity index (χ4v) is 5.52. The topological polar surface area (TPSA) is 49.9 Å². The Kier molecular flexibility index (Phi) is 7.18. The van der Waals surface area contributed by atoms with Gasteiger partial charge in [0.2, 0.25) is 11.8 Å². The van der Waals surface area contributed by atoms with Crippen molar-refractivity contribution in [1.82, 2.24) is 9.80 Å². The van der Waals surface area contributed by atoms with E-state index in [0.29, 0.717) is 44.7 Å². The van der Waals surface area contributed by atoms with Gasteiger partial charge in [-0.05, 0) is 51.9 Å². The van der Waals surface area contributed by atoms with E-state index in [1.54, 1.807) is 16.9 Å². The van der Waals surface area contributed by atoms with Crippen LogP contribution in [0.1, 0.15) is 59.3 Å². The van der Waals surface area contributed by atoms with Crippen LogP contribution < -0.4 is 0 Å². The zero-order valence-corrected chi connectivity index (χ0v) is 18.2. The van der Waals surface area contributed by atoms with Gasteiger partial charge in [-0.3, -0.25) is 9.59 Å². The summed E-state index contributed by atoms with van der Waals surface area (Å²) >= 11 is 0. The third-order valence-corrected chi connectivity index (χ3v) is 7.21. The summed E-state index contributed by atoms with van der Waals surface area (Å²) in [5.41, 5.74) is 0. The maximum absolute atomic E-state index is 14.6. The molecule has 3 fully saturated rings. The molecule has 166 valence electrons. The predicted molar refractivity (Wildman–Crippen MR) is 107 cm³/mol. The van der Waals surface area contributed by atoms with Gasteiger partial charge in [-0.15, -0.1) is 0 Å². The number of amides is 2. The molecule has 0 spiro atoms. The molecule has 3 rings (SSSR count). The van der Waals surface area contributed by atoms with E-state index in [0.717, 1.165) is 6.42 Å². The monoisotopic (exact) mass is 414 g/mol. The van der Waals surface area contributed by atoms with Crippen molar-refractivity contribution in [3.05, 3.63) is 0 Å². The molecule has 8 atom stereocenters. The first kappa shape index (κ1) is 22.4. The lowest BCUT2D eigenvalue weighted by molar-refractivity contribution is -0.155. The minimum absolute atomic E-state index is 0.117. The van der Waals surface area contributed by atoms with Crippen LogP contribution in [0.3, 0.4) is 0 Å². The highest BCUT2D eigenvalue weighted by Gasteiger charge is 2.44. The van der Waals surface area contributed by atoms with Gasteiger partial charge in [0.15, 0.2) is 0 Å². The quantitative estimate of drug-likeness (QED) is 0.712. The SMILES string of the molecule is COC1CCC(C(=O)N2C[C@@H](C)N(C(=O)C3CCC(C)CC3F)[C@H](C)C2)C(F)C1. The van der Waals surface area contributed by atoms with Crippen LogP contribution in [0.2, 0.25) is 0 Å². The molecule has 0 N–H and O–H groups in total. The van der Waals surface area contributed by atoms with Crippen molar-refractivity contribution in [2.45, 2.75) is 89.8 Å². The molecule has 1 heterocycles. The molecule has 6 unspecified atom stereocenters. The summed E-state index contributed by atoms with van der Waals surface area (Å²) in [6, 6.07) is -0.398. The van der Waals surface area contributed by atoms with Crippen LogP contribution in [0, 0.1) is 17.8 Å². The number of piperazine rings is 1. The molecular weight excluding hydrogens is 378 g/mol. The number of carbonyl (C=O) groups excluding carboxylic acids is 2. The smallest absolute Gasteiger partial charge is 0.229 e. The van der Waals surface area contributed by atoms with Gasteiger partial charge in [0, 0.05) is 38.7 Å². The Morgan fingerprint density at radius 3 is 1.93 bits per heavy atom. The number of alkyl halides is 2. The molecule has 7 heteroatoms. The summed E-state index contributed by atoms with van der Waals surface area (Å²) in [4.78, 5) is 29.6. The molecule has 0 aromatic heterocycles. The van der Waals surface area contributed by atoms with Crippen molar-refractivity contribution in [3.63, 3.8) is 0 Å². The largest absolute Gasteiger partial charge is 0.381 e. The number of methoxy groups -OCH3 is 1. The number of rotatable bonds is 3. The van der Waals surface area contributed by atoms with Crippen LogP contribution in [0.15, 0.2) is 0 Å². The summed E-state index contributed by atoms with van der Waals surface area (Å²) in [6.45, 7) is 6.60. The van der Waals surface area contributed by atoms with Crippen molar-refractivity contribution >= 4 is 11.8 Å². The Labute approximate surface area is 173 Å². The van der Waals surface area contributed by atoms with E-state index in [1.807, 2.05) is 20.8 Å². The lowest BCUT2D eigenvalue weighted by atomic mass is 9.80. The first-order valence-corrected chi connectivity index (χ1v) is 11.1. The molecule has 2 saturated carbocycles. The zero-order valence-electron chi connectivity index (χ0n) is 18.2. The van der Waals surface area contributed by atoms with Crippen LogP contribution in [-0.2, 0) is 14.3 Å². The number of carbonyl (C=O) groups is 2. The predicted octanol–water partition coefficient (Wildman–Crippen LogP) is 3.36. The standard InChI is InChI=1S/C22H36F2N2O3/c1-13-5-7-18(19(23)9-13)22(28)26-14(2)11-25(12-15(26)3)21(27)17-8-6-16(29-4)10-20(17)24/h13-20H,5-12H2,1-4H3/t13?,14-,15-,16?,17?,18?,19?,20?/m1/s1. The van der Waals surface area contributed by atoms with Crippen LogP contribution >= 0.6 is 0 Å². The molecule has 0 aromatic carbocycles. The van der Waals surface area contributed by atoms with Gasteiger partial charge >= 0.3 is 0 Å². The number of halogens is 2. The maximum Gasteiger partial charge on any atom is 0.229 e. The van der Waals surface area contributed by atoms with E-state index >= 15 is 0 Å². The number of hydrogen-bond donors (Lipinski definition) is 0. The molecule has 3 aliphatic rings. The van der Waals surface area contributed by atoms with E-state index < -0.39 is 24.2 Å². The van der Waals surface area contributed by atoms with Crippen molar-refractivity contribution in [2.24, 2.45) is 17.8 Å². The molecule has 1 saturated heterocycles. The minimum Gasteiger partial charge on any atom is -0.381 e. The lowest BCUT2D eigenvalue weighted by Gasteiger charge is -2.47. The van der Waals surface area contributed by atoms with Crippen LogP contribution in [0.5, 0.6) is 0 Å². The normalized spacial score (nSPS) is 41.3. The van der Waals surface area contributed by atoms with E-state index in [2.05, 4.69) is 0 Å². The first-order valence-electron chi connectivity index (χ1n) is 11.1. The zero-order chi connectivity index (χ0) is 21.3. The Morgan fingerprint density at radius 1 is 0.828 bits per heavy atom. The second-order valence-corrected chi connectivity index (χ2v) is 9.52. The fraction of sp³-hybridized carbons (Fsp3) is 0.909. The number of hydrogen-bond acceptors (Lipinski definition) is 3. The van der Waals surface area contributed by atoms with Crippen molar-refractivity contribution in [1.29, 1.82) is 0 Å². The van der Waals surface area contributed by atoms with E-state index in [1.165, 1.54) is 0 Å². The Balaban J connectivity index is 1.62. The third kappa shape index (κ3) is 4.75. The van der Waals surface area contributed by atoms with Crippen molar-refractivity contribution in [3.8, 4) is 0 Å². The molecule has 2 aliphatic carbocycles. The van der Waals surface area contributed by atoms with Crippen molar-refractivity contribution in [2.75, 3.05) is 20.2 Å². The first-order chi connectivity index (χ1) is 13.7. The van der Waals surface area contributed by atoms with Crippen molar-refractivity contribution < 1.29 is 23.1 Å². The molecule has 0 radical (unpaired) electrons. The summed E-state index contributed by atoms with van der Waals surface area (Å²) < 4.78 is 34.4. The molecule has 0 aromatic rings. The molecular formula is C22H36F2N2O3. The van der Waals surface area contributed by atoms with Gasteiger partial charge in [0.1, 0.15) is 12.3 Å². The molecule has 29 heavy (non-hydrogen) atoms. The highest BCUT2D eigenvalue weighted by atomic mass is 19.1. The van der Waals surface area contributed by atoms with Crippen LogP contribution in [0.25, 0.3) is 0 Å². The molecule has 1 aliphatic heterocycles. The van der Waals surface area contributed by atoms with Crippen LogP contribution in [-0.4, -0.2) is 72.3 Å². The summed E-state index contributed by atoms with van der Waals surface area (Å²) in [5.74, 6) is -1.16. The Bertz CT molecular complexity index is 593. The molecule has 0 bridgehead atoms. The molecule has 2 amide bonds. The Morgan fingerprint density at radius 2 is 1.38 bits per heavy atom. The number of nitrogens with zero attached hydrogens (tertiary/aromatic N) is 2.